The number of rotatable bonds is 7. The van der Waals surface area contributed by atoms with E-state index in [2.05, 4.69) is 15.6 Å². The first-order valence-corrected chi connectivity index (χ1v) is 13.0. The molecule has 2 aromatic carbocycles. The zero-order chi connectivity index (χ0) is 26.8. The number of anilines is 2. The Bertz CT molecular complexity index is 1500. The smallest absolute Gasteiger partial charge is 0.250 e. The van der Waals surface area contributed by atoms with Gasteiger partial charge in [-0.1, -0.05) is 46.9 Å². The molecule has 194 valence electrons. The van der Waals surface area contributed by atoms with E-state index in [9.17, 15) is 4.79 Å². The molecule has 2 N–H and O–H groups in total. The van der Waals surface area contributed by atoms with E-state index in [1.165, 1.54) is 7.11 Å². The van der Waals surface area contributed by atoms with Gasteiger partial charge in [0, 0.05) is 24.6 Å². The van der Waals surface area contributed by atoms with Crippen LogP contribution in [0.1, 0.15) is 23.5 Å². The Hall–Kier alpha value is -3.14. The van der Waals surface area contributed by atoms with Gasteiger partial charge < -0.3 is 24.7 Å². The number of pyridine rings is 1. The highest BCUT2D eigenvalue weighted by Gasteiger charge is 2.42. The standard InChI is InChI=1S/C27H21Cl3N4O3S/c1-36-14-23(35)32-19-9-8-15(13-18(19)29)34-26(25(33-27(34)38)20-7-2-3-12-31-20)22-11-10-21(37-22)16-5-4-6-17(28)24(16)30/h2-13,25-26H,14H2,1H3,(H,32,35)(H,33,38)/t25-,26+/m1/s1. The number of nitrogens with one attached hydrogen (secondary N) is 2. The predicted molar refractivity (Wildman–Crippen MR) is 154 cm³/mol. The first-order chi connectivity index (χ1) is 18.4. The van der Waals surface area contributed by atoms with Crippen LogP contribution in [0.5, 0.6) is 0 Å². The maximum absolute atomic E-state index is 12.0. The Morgan fingerprint density at radius 2 is 1.95 bits per heavy atom. The molecule has 2 atom stereocenters. The van der Waals surface area contributed by atoms with E-state index in [0.717, 1.165) is 5.69 Å². The summed E-state index contributed by atoms with van der Waals surface area (Å²) in [6, 6.07) is 19.4. The number of amides is 1. The van der Waals surface area contributed by atoms with Crippen LogP contribution in [0.2, 0.25) is 15.1 Å². The molecule has 1 fully saturated rings. The Balaban J connectivity index is 1.55. The molecule has 0 bridgehead atoms. The summed E-state index contributed by atoms with van der Waals surface area (Å²) >= 11 is 25.0. The minimum atomic E-state index is -0.408. The van der Waals surface area contributed by atoms with Crippen molar-refractivity contribution in [2.24, 2.45) is 0 Å². The van der Waals surface area contributed by atoms with Crippen LogP contribution in [0.4, 0.5) is 11.4 Å². The molecule has 1 saturated heterocycles. The van der Waals surface area contributed by atoms with Crippen molar-refractivity contribution in [1.29, 1.82) is 0 Å². The molecule has 0 radical (unpaired) electrons. The highest BCUT2D eigenvalue weighted by molar-refractivity contribution is 7.80. The molecule has 0 unspecified atom stereocenters. The highest BCUT2D eigenvalue weighted by Crippen LogP contribution is 2.44. The number of furan rings is 1. The van der Waals surface area contributed by atoms with Gasteiger partial charge in [-0.3, -0.25) is 9.78 Å². The Kier molecular flexibility index (Phi) is 7.88. The number of nitrogens with zero attached hydrogens (tertiary/aromatic N) is 2. The van der Waals surface area contributed by atoms with Crippen molar-refractivity contribution in [3.63, 3.8) is 0 Å². The van der Waals surface area contributed by atoms with Crippen molar-refractivity contribution in [2.45, 2.75) is 12.1 Å². The lowest BCUT2D eigenvalue weighted by molar-refractivity contribution is -0.119. The number of hydrogen-bond acceptors (Lipinski definition) is 5. The number of thiocarbonyl (C=S) groups is 1. The first kappa shape index (κ1) is 26.5. The quantitative estimate of drug-likeness (QED) is 0.224. The summed E-state index contributed by atoms with van der Waals surface area (Å²) in [5.41, 5.74) is 2.64. The lowest BCUT2D eigenvalue weighted by Crippen LogP contribution is -2.29. The minimum absolute atomic E-state index is 0.0799. The third kappa shape index (κ3) is 5.23. The third-order valence-corrected chi connectivity index (χ3v) is 7.46. The number of halogens is 3. The topological polar surface area (TPSA) is 79.6 Å². The zero-order valence-corrected chi connectivity index (χ0v) is 23.0. The second-order valence-corrected chi connectivity index (χ2v) is 10.0. The van der Waals surface area contributed by atoms with E-state index < -0.39 is 6.04 Å². The summed E-state index contributed by atoms with van der Waals surface area (Å²) in [5, 5.41) is 7.77. The molecule has 11 heteroatoms. The highest BCUT2D eigenvalue weighted by atomic mass is 35.5. The normalized spacial score (nSPS) is 16.9. The summed E-state index contributed by atoms with van der Waals surface area (Å²) in [6.07, 6.45) is 1.73. The number of ether oxygens (including phenoxy) is 1. The van der Waals surface area contributed by atoms with E-state index >= 15 is 0 Å². The molecule has 5 rings (SSSR count). The van der Waals surface area contributed by atoms with Crippen molar-refractivity contribution in [1.82, 2.24) is 10.3 Å². The van der Waals surface area contributed by atoms with Gasteiger partial charge in [-0.2, -0.15) is 0 Å². The van der Waals surface area contributed by atoms with E-state index in [1.807, 2.05) is 53.4 Å². The molecule has 1 amide bonds. The average molecular weight is 588 g/mol. The van der Waals surface area contributed by atoms with Crippen LogP contribution < -0.4 is 15.5 Å². The third-order valence-electron chi connectivity index (χ3n) is 6.01. The van der Waals surface area contributed by atoms with Crippen LogP contribution in [0.3, 0.4) is 0 Å². The molecular formula is C27H21Cl3N4O3S. The van der Waals surface area contributed by atoms with Gasteiger partial charge in [0.05, 0.1) is 32.5 Å². The molecule has 7 nitrogen and oxygen atoms in total. The van der Waals surface area contributed by atoms with Crippen LogP contribution in [-0.4, -0.2) is 29.7 Å². The molecule has 0 spiro atoms. The van der Waals surface area contributed by atoms with Gasteiger partial charge in [0.1, 0.15) is 24.2 Å². The molecule has 3 heterocycles. The maximum Gasteiger partial charge on any atom is 0.250 e. The van der Waals surface area contributed by atoms with Crippen molar-refractivity contribution in [3.05, 3.63) is 99.4 Å². The fraction of sp³-hybridized carbons (Fsp3) is 0.148. The lowest BCUT2D eigenvalue weighted by atomic mass is 10.0. The van der Waals surface area contributed by atoms with Crippen LogP contribution in [0.15, 0.2) is 77.3 Å². The first-order valence-electron chi connectivity index (χ1n) is 11.5. The average Bonchev–Trinajstić information content (AvgIpc) is 3.52. The zero-order valence-electron chi connectivity index (χ0n) is 20.0. The van der Waals surface area contributed by atoms with Crippen molar-refractivity contribution >= 4 is 69.4 Å². The molecule has 0 aliphatic carbocycles. The Morgan fingerprint density at radius 1 is 1.11 bits per heavy atom. The maximum atomic E-state index is 12.0. The molecule has 2 aromatic heterocycles. The molecule has 4 aromatic rings. The number of carbonyl (C=O) groups is 1. The summed E-state index contributed by atoms with van der Waals surface area (Å²) < 4.78 is 11.2. The fourth-order valence-electron chi connectivity index (χ4n) is 4.35. The predicted octanol–water partition coefficient (Wildman–Crippen LogP) is 7.06. The van der Waals surface area contributed by atoms with Gasteiger partial charge in [-0.15, -0.1) is 0 Å². The van der Waals surface area contributed by atoms with Crippen LogP contribution in [0, 0.1) is 0 Å². The number of hydrogen-bond donors (Lipinski definition) is 2. The summed E-state index contributed by atoms with van der Waals surface area (Å²) in [5.74, 6) is 0.892. The molecule has 1 aliphatic rings. The lowest BCUT2D eigenvalue weighted by Gasteiger charge is -2.26. The molecule has 0 saturated carbocycles. The van der Waals surface area contributed by atoms with E-state index in [1.54, 1.807) is 24.4 Å². The fourth-order valence-corrected chi connectivity index (χ4v) is 5.31. The Morgan fingerprint density at radius 3 is 2.68 bits per heavy atom. The number of methoxy groups -OCH3 is 1. The van der Waals surface area contributed by atoms with Gasteiger partial charge in [0.15, 0.2) is 5.11 Å². The van der Waals surface area contributed by atoms with Crippen LogP contribution in [0.25, 0.3) is 11.3 Å². The second-order valence-electron chi connectivity index (χ2n) is 8.45. The SMILES string of the molecule is COCC(=O)Nc1ccc(N2C(=S)N[C@H](c3ccccn3)[C@@H]2c2ccc(-c3cccc(Cl)c3Cl)o2)cc1Cl. The van der Waals surface area contributed by atoms with E-state index in [4.69, 9.17) is 56.2 Å². The van der Waals surface area contributed by atoms with Crippen LogP contribution in [-0.2, 0) is 9.53 Å². The van der Waals surface area contributed by atoms with Gasteiger partial charge in [0.25, 0.3) is 0 Å². The summed E-state index contributed by atoms with van der Waals surface area (Å²) in [4.78, 5) is 18.5. The monoisotopic (exact) mass is 586 g/mol. The van der Waals surface area contributed by atoms with Crippen molar-refractivity contribution in [3.8, 4) is 11.3 Å². The Labute approximate surface area is 239 Å². The number of aromatic nitrogens is 1. The largest absolute Gasteiger partial charge is 0.459 e. The molecule has 38 heavy (non-hydrogen) atoms. The van der Waals surface area contributed by atoms with E-state index in [0.29, 0.717) is 48.6 Å². The second kappa shape index (κ2) is 11.3. The summed E-state index contributed by atoms with van der Waals surface area (Å²) in [6.45, 7) is -0.0799. The van der Waals surface area contributed by atoms with E-state index in [-0.39, 0.29) is 18.6 Å². The molecule has 1 aliphatic heterocycles. The van der Waals surface area contributed by atoms with Gasteiger partial charge >= 0.3 is 0 Å². The van der Waals surface area contributed by atoms with Crippen molar-refractivity contribution < 1.29 is 13.9 Å². The van der Waals surface area contributed by atoms with Gasteiger partial charge in [0.2, 0.25) is 5.91 Å². The van der Waals surface area contributed by atoms with Gasteiger partial charge in [-0.25, -0.2) is 0 Å². The number of benzene rings is 2. The number of carbonyl (C=O) groups excluding carboxylic acids is 1. The van der Waals surface area contributed by atoms with Crippen LogP contribution >= 0.6 is 47.0 Å². The minimum Gasteiger partial charge on any atom is -0.459 e. The van der Waals surface area contributed by atoms with Gasteiger partial charge in [-0.05, 0) is 66.8 Å². The van der Waals surface area contributed by atoms with Crippen molar-refractivity contribution in [2.75, 3.05) is 23.9 Å². The summed E-state index contributed by atoms with van der Waals surface area (Å²) in [7, 11) is 1.45. The molecular weight excluding hydrogens is 567 g/mol.